The van der Waals surface area contributed by atoms with Gasteiger partial charge < -0.3 is 10.5 Å². The Morgan fingerprint density at radius 3 is 2.67 bits per heavy atom. The molecular formula is C16H16ClN3O. The van der Waals surface area contributed by atoms with Crippen LogP contribution in [0.2, 0.25) is 5.02 Å². The first-order chi connectivity index (χ1) is 10.0. The van der Waals surface area contributed by atoms with Crippen molar-refractivity contribution in [3.05, 3.63) is 46.5 Å². The number of ether oxygens (including phenoxy) is 1. The zero-order chi connectivity index (χ0) is 15.1. The molecule has 5 heteroatoms. The van der Waals surface area contributed by atoms with E-state index in [1.54, 1.807) is 13.2 Å². The SMILES string of the molecule is COc1cc(Cl)c(C)cc1-n1c(N)nc2c(C)cccc21. The highest BCUT2D eigenvalue weighted by atomic mass is 35.5. The number of aryl methyl sites for hydroxylation is 2. The second kappa shape index (κ2) is 4.97. The van der Waals surface area contributed by atoms with Crippen molar-refractivity contribution in [3.8, 4) is 11.4 Å². The third-order valence-corrected chi connectivity index (χ3v) is 4.02. The van der Waals surface area contributed by atoms with E-state index in [1.165, 1.54) is 0 Å². The predicted molar refractivity (Wildman–Crippen MR) is 86.5 cm³/mol. The van der Waals surface area contributed by atoms with Crippen LogP contribution in [-0.2, 0) is 0 Å². The van der Waals surface area contributed by atoms with E-state index in [4.69, 9.17) is 22.1 Å². The molecule has 0 fully saturated rings. The van der Waals surface area contributed by atoms with Gasteiger partial charge in [0.2, 0.25) is 5.95 Å². The normalized spacial score (nSPS) is 11.0. The number of fused-ring (bicyclic) bond motifs is 1. The molecule has 0 aliphatic heterocycles. The zero-order valence-electron chi connectivity index (χ0n) is 12.1. The van der Waals surface area contributed by atoms with Gasteiger partial charge in [0.15, 0.2) is 0 Å². The number of nitrogen functional groups attached to an aromatic ring is 1. The van der Waals surface area contributed by atoms with Crippen LogP contribution in [-0.4, -0.2) is 16.7 Å². The summed E-state index contributed by atoms with van der Waals surface area (Å²) in [6.07, 6.45) is 0. The fraction of sp³-hybridized carbons (Fsp3) is 0.188. The molecule has 3 aromatic rings. The zero-order valence-corrected chi connectivity index (χ0v) is 12.9. The molecule has 0 saturated heterocycles. The van der Waals surface area contributed by atoms with Gasteiger partial charge in [-0.25, -0.2) is 4.98 Å². The van der Waals surface area contributed by atoms with Gasteiger partial charge in [0.25, 0.3) is 0 Å². The van der Waals surface area contributed by atoms with Crippen LogP contribution in [0.15, 0.2) is 30.3 Å². The number of imidazole rings is 1. The van der Waals surface area contributed by atoms with Crippen LogP contribution in [0.5, 0.6) is 5.75 Å². The van der Waals surface area contributed by atoms with Gasteiger partial charge in [-0.05, 0) is 37.1 Å². The Morgan fingerprint density at radius 2 is 1.95 bits per heavy atom. The number of anilines is 1. The first-order valence-electron chi connectivity index (χ1n) is 6.61. The minimum atomic E-state index is 0.430. The summed E-state index contributed by atoms with van der Waals surface area (Å²) >= 11 is 6.17. The molecule has 108 valence electrons. The van der Waals surface area contributed by atoms with Crippen molar-refractivity contribution < 1.29 is 4.74 Å². The number of aromatic nitrogens is 2. The number of para-hydroxylation sites is 1. The van der Waals surface area contributed by atoms with Crippen molar-refractivity contribution in [2.75, 3.05) is 12.8 Å². The van der Waals surface area contributed by atoms with Crippen LogP contribution in [0, 0.1) is 13.8 Å². The predicted octanol–water partition coefficient (Wildman–Crippen LogP) is 3.89. The van der Waals surface area contributed by atoms with E-state index in [9.17, 15) is 0 Å². The van der Waals surface area contributed by atoms with Gasteiger partial charge in [-0.3, -0.25) is 4.57 Å². The number of halogens is 1. The second-order valence-electron chi connectivity index (χ2n) is 5.02. The van der Waals surface area contributed by atoms with E-state index >= 15 is 0 Å². The maximum absolute atomic E-state index is 6.17. The van der Waals surface area contributed by atoms with Gasteiger partial charge in [-0.2, -0.15) is 0 Å². The lowest BCUT2D eigenvalue weighted by molar-refractivity contribution is 0.413. The van der Waals surface area contributed by atoms with Crippen molar-refractivity contribution >= 4 is 28.6 Å². The van der Waals surface area contributed by atoms with E-state index in [0.29, 0.717) is 16.7 Å². The summed E-state index contributed by atoms with van der Waals surface area (Å²) in [5.74, 6) is 1.09. The Bertz CT molecular complexity index is 839. The van der Waals surface area contributed by atoms with Crippen molar-refractivity contribution in [1.82, 2.24) is 9.55 Å². The number of rotatable bonds is 2. The number of hydrogen-bond acceptors (Lipinski definition) is 3. The largest absolute Gasteiger partial charge is 0.495 e. The molecule has 2 N–H and O–H groups in total. The van der Waals surface area contributed by atoms with Crippen molar-refractivity contribution in [3.63, 3.8) is 0 Å². The number of nitrogens with zero attached hydrogens (tertiary/aromatic N) is 2. The molecule has 0 unspecified atom stereocenters. The third-order valence-electron chi connectivity index (χ3n) is 3.61. The lowest BCUT2D eigenvalue weighted by Crippen LogP contribution is -2.03. The van der Waals surface area contributed by atoms with Crippen LogP contribution < -0.4 is 10.5 Å². The minimum absolute atomic E-state index is 0.430. The molecule has 1 heterocycles. The lowest BCUT2D eigenvalue weighted by Gasteiger charge is -2.13. The Morgan fingerprint density at radius 1 is 1.19 bits per heavy atom. The number of nitrogens with two attached hydrogens (primary N) is 1. The number of benzene rings is 2. The number of hydrogen-bond donors (Lipinski definition) is 1. The molecule has 2 aromatic carbocycles. The molecule has 0 spiro atoms. The number of methoxy groups -OCH3 is 1. The molecule has 1 aromatic heterocycles. The lowest BCUT2D eigenvalue weighted by atomic mass is 10.1. The topological polar surface area (TPSA) is 53.1 Å². The molecule has 4 nitrogen and oxygen atoms in total. The van der Waals surface area contributed by atoms with Crippen molar-refractivity contribution in [2.24, 2.45) is 0 Å². The fourth-order valence-corrected chi connectivity index (χ4v) is 2.65. The van der Waals surface area contributed by atoms with Crippen molar-refractivity contribution in [1.29, 1.82) is 0 Å². The average Bonchev–Trinajstić information content (AvgIpc) is 2.79. The average molecular weight is 302 g/mol. The Kier molecular flexibility index (Phi) is 3.26. The van der Waals surface area contributed by atoms with Gasteiger partial charge in [0.05, 0.1) is 23.8 Å². The molecule has 21 heavy (non-hydrogen) atoms. The van der Waals surface area contributed by atoms with Gasteiger partial charge in [-0.1, -0.05) is 23.7 Å². The van der Waals surface area contributed by atoms with Crippen LogP contribution in [0.4, 0.5) is 5.95 Å². The molecule has 0 atom stereocenters. The highest BCUT2D eigenvalue weighted by Gasteiger charge is 2.16. The quantitative estimate of drug-likeness (QED) is 0.781. The smallest absolute Gasteiger partial charge is 0.206 e. The van der Waals surface area contributed by atoms with Crippen molar-refractivity contribution in [2.45, 2.75) is 13.8 Å². The van der Waals surface area contributed by atoms with E-state index in [0.717, 1.165) is 27.8 Å². The summed E-state index contributed by atoms with van der Waals surface area (Å²) < 4.78 is 7.34. The molecule has 0 saturated carbocycles. The molecule has 0 amide bonds. The standard InChI is InChI=1S/C16H16ClN3O/c1-9-5-4-6-12-15(9)19-16(18)20(12)13-7-10(2)11(17)8-14(13)21-3/h4-8H,1-3H3,(H2,18,19). The van der Waals surface area contributed by atoms with Gasteiger partial charge >= 0.3 is 0 Å². The Labute approximate surface area is 128 Å². The molecule has 0 aliphatic rings. The van der Waals surface area contributed by atoms with Gasteiger partial charge in [0, 0.05) is 11.1 Å². The van der Waals surface area contributed by atoms with Crippen LogP contribution in [0.1, 0.15) is 11.1 Å². The summed E-state index contributed by atoms with van der Waals surface area (Å²) in [5, 5.41) is 0.662. The maximum atomic E-state index is 6.17. The van der Waals surface area contributed by atoms with E-state index in [2.05, 4.69) is 4.98 Å². The van der Waals surface area contributed by atoms with E-state index < -0.39 is 0 Å². The summed E-state index contributed by atoms with van der Waals surface area (Å²) in [4.78, 5) is 4.47. The summed E-state index contributed by atoms with van der Waals surface area (Å²) in [6.45, 7) is 3.97. The molecule has 0 aliphatic carbocycles. The minimum Gasteiger partial charge on any atom is -0.495 e. The summed E-state index contributed by atoms with van der Waals surface area (Å²) in [6, 6.07) is 9.76. The summed E-state index contributed by atoms with van der Waals surface area (Å²) in [7, 11) is 1.62. The fourth-order valence-electron chi connectivity index (χ4n) is 2.50. The first-order valence-corrected chi connectivity index (χ1v) is 6.98. The monoisotopic (exact) mass is 301 g/mol. The summed E-state index contributed by atoms with van der Waals surface area (Å²) in [5.41, 5.74) is 10.9. The Balaban J connectivity index is 2.38. The van der Waals surface area contributed by atoms with Crippen LogP contribution in [0.3, 0.4) is 0 Å². The third kappa shape index (κ3) is 2.12. The van der Waals surface area contributed by atoms with Crippen LogP contribution >= 0.6 is 11.6 Å². The molecule has 3 rings (SSSR count). The highest BCUT2D eigenvalue weighted by molar-refractivity contribution is 6.31. The van der Waals surface area contributed by atoms with Gasteiger partial charge in [-0.15, -0.1) is 0 Å². The molecule has 0 radical (unpaired) electrons. The maximum Gasteiger partial charge on any atom is 0.206 e. The highest BCUT2D eigenvalue weighted by Crippen LogP contribution is 2.34. The van der Waals surface area contributed by atoms with Crippen LogP contribution in [0.25, 0.3) is 16.7 Å². The van der Waals surface area contributed by atoms with E-state index in [1.807, 2.05) is 42.7 Å². The first kappa shape index (κ1) is 13.8. The van der Waals surface area contributed by atoms with Gasteiger partial charge in [0.1, 0.15) is 5.75 Å². The molecular weight excluding hydrogens is 286 g/mol. The second-order valence-corrected chi connectivity index (χ2v) is 5.43. The Hall–Kier alpha value is -2.20. The van der Waals surface area contributed by atoms with E-state index in [-0.39, 0.29) is 0 Å². The molecule has 0 bridgehead atoms.